The maximum atomic E-state index is 12.0. The fourth-order valence-electron chi connectivity index (χ4n) is 1.63. The van der Waals surface area contributed by atoms with E-state index in [4.69, 9.17) is 0 Å². The van der Waals surface area contributed by atoms with E-state index in [0.717, 1.165) is 10.9 Å². The molecule has 0 aliphatic rings. The highest BCUT2D eigenvalue weighted by Crippen LogP contribution is 2.18. The van der Waals surface area contributed by atoms with E-state index < -0.39 is 0 Å². The van der Waals surface area contributed by atoms with Crippen LogP contribution in [0.15, 0.2) is 41.8 Å². The first-order valence-corrected chi connectivity index (χ1v) is 7.70. The number of rotatable bonds is 4. The van der Waals surface area contributed by atoms with E-state index >= 15 is 0 Å². The Morgan fingerprint density at radius 3 is 2.61 bits per heavy atom. The lowest BCUT2D eigenvalue weighted by Crippen LogP contribution is -2.26. The molecule has 1 atom stereocenters. The van der Waals surface area contributed by atoms with Gasteiger partial charge in [-0.1, -0.05) is 34.1 Å². The molecule has 94 valence electrons. The second-order valence-electron chi connectivity index (χ2n) is 4.04. The first-order valence-electron chi connectivity index (χ1n) is 5.70. The third kappa shape index (κ3) is 3.21. The van der Waals surface area contributed by atoms with Crippen LogP contribution in [0.5, 0.6) is 0 Å². The van der Waals surface area contributed by atoms with Crippen LogP contribution in [0.2, 0.25) is 0 Å². The zero-order valence-electron chi connectivity index (χ0n) is 10.0. The second kappa shape index (κ2) is 6.16. The van der Waals surface area contributed by atoms with Gasteiger partial charge in [0.15, 0.2) is 0 Å². The fraction of sp³-hybridized carbons (Fsp3) is 0.214. The molecule has 0 saturated heterocycles. The molecule has 1 heterocycles. The molecule has 4 heteroatoms. The lowest BCUT2D eigenvalue weighted by Gasteiger charge is -2.12. The standard InChI is InChI=1S/C14H14BrNOS/c1-10(13-3-2-8-18-13)16-14(17)12-6-4-11(9-15)5-7-12/h2-8,10H,9H2,1H3,(H,16,17). The highest BCUT2D eigenvalue weighted by atomic mass is 79.9. The number of nitrogens with one attached hydrogen (secondary N) is 1. The summed E-state index contributed by atoms with van der Waals surface area (Å²) in [4.78, 5) is 13.2. The third-order valence-electron chi connectivity index (χ3n) is 2.69. The zero-order chi connectivity index (χ0) is 13.0. The molecule has 0 fully saturated rings. The Labute approximate surface area is 119 Å². The normalized spacial score (nSPS) is 12.1. The molecule has 0 radical (unpaired) electrons. The summed E-state index contributed by atoms with van der Waals surface area (Å²) in [6, 6.07) is 11.7. The monoisotopic (exact) mass is 323 g/mol. The highest BCUT2D eigenvalue weighted by molar-refractivity contribution is 9.08. The van der Waals surface area contributed by atoms with Crippen molar-refractivity contribution in [1.82, 2.24) is 5.32 Å². The molecule has 2 rings (SSSR count). The summed E-state index contributed by atoms with van der Waals surface area (Å²) < 4.78 is 0. The van der Waals surface area contributed by atoms with Gasteiger partial charge in [0.2, 0.25) is 0 Å². The molecule has 1 aromatic heterocycles. The molecule has 0 bridgehead atoms. The summed E-state index contributed by atoms with van der Waals surface area (Å²) in [5.41, 5.74) is 1.86. The maximum absolute atomic E-state index is 12.0. The van der Waals surface area contributed by atoms with Gasteiger partial charge in [-0.25, -0.2) is 0 Å². The van der Waals surface area contributed by atoms with E-state index in [1.807, 2.05) is 48.7 Å². The molecule has 1 amide bonds. The average Bonchev–Trinajstić information content (AvgIpc) is 2.92. The Morgan fingerprint density at radius 1 is 1.33 bits per heavy atom. The molecule has 1 aromatic carbocycles. The van der Waals surface area contributed by atoms with Gasteiger partial charge in [0.25, 0.3) is 5.91 Å². The van der Waals surface area contributed by atoms with Gasteiger partial charge in [0, 0.05) is 15.8 Å². The first kappa shape index (κ1) is 13.3. The minimum absolute atomic E-state index is 0.0305. The summed E-state index contributed by atoms with van der Waals surface area (Å²) in [7, 11) is 0. The molecule has 1 N–H and O–H groups in total. The predicted octanol–water partition coefficient (Wildman–Crippen LogP) is 4.13. The van der Waals surface area contributed by atoms with Crippen LogP contribution in [0.1, 0.15) is 33.8 Å². The van der Waals surface area contributed by atoms with Crippen LogP contribution in [0, 0.1) is 0 Å². The number of carbonyl (C=O) groups excluding carboxylic acids is 1. The number of halogens is 1. The van der Waals surface area contributed by atoms with Gasteiger partial charge >= 0.3 is 0 Å². The van der Waals surface area contributed by atoms with Gasteiger partial charge in [-0.05, 0) is 36.1 Å². The number of hydrogen-bond donors (Lipinski definition) is 1. The van der Waals surface area contributed by atoms with Crippen molar-refractivity contribution in [3.05, 3.63) is 57.8 Å². The number of alkyl halides is 1. The van der Waals surface area contributed by atoms with Gasteiger partial charge in [0.05, 0.1) is 6.04 Å². The van der Waals surface area contributed by atoms with E-state index in [-0.39, 0.29) is 11.9 Å². The maximum Gasteiger partial charge on any atom is 0.251 e. The van der Waals surface area contributed by atoms with Crippen LogP contribution in [0.3, 0.4) is 0 Å². The minimum Gasteiger partial charge on any atom is -0.345 e. The van der Waals surface area contributed by atoms with Crippen molar-refractivity contribution in [2.45, 2.75) is 18.3 Å². The summed E-state index contributed by atoms with van der Waals surface area (Å²) in [5, 5.41) is 5.82. The van der Waals surface area contributed by atoms with E-state index in [0.29, 0.717) is 5.56 Å². The van der Waals surface area contributed by atoms with E-state index in [1.54, 1.807) is 11.3 Å². The summed E-state index contributed by atoms with van der Waals surface area (Å²) in [6.45, 7) is 2.00. The zero-order valence-corrected chi connectivity index (χ0v) is 12.4. The quantitative estimate of drug-likeness (QED) is 0.842. The van der Waals surface area contributed by atoms with Gasteiger partial charge in [-0.15, -0.1) is 11.3 Å². The molecular weight excluding hydrogens is 310 g/mol. The van der Waals surface area contributed by atoms with Crippen molar-refractivity contribution < 1.29 is 4.79 Å². The number of thiophene rings is 1. The molecule has 0 saturated carbocycles. The molecule has 0 aliphatic carbocycles. The third-order valence-corrected chi connectivity index (χ3v) is 4.39. The first-order chi connectivity index (χ1) is 8.70. The van der Waals surface area contributed by atoms with Crippen molar-refractivity contribution in [3.8, 4) is 0 Å². The second-order valence-corrected chi connectivity index (χ2v) is 5.58. The Kier molecular flexibility index (Phi) is 4.55. The van der Waals surface area contributed by atoms with Gasteiger partial charge in [-0.2, -0.15) is 0 Å². The van der Waals surface area contributed by atoms with Crippen molar-refractivity contribution in [3.63, 3.8) is 0 Å². The smallest absolute Gasteiger partial charge is 0.251 e. The van der Waals surface area contributed by atoms with E-state index in [1.165, 1.54) is 4.88 Å². The van der Waals surface area contributed by atoms with Crippen molar-refractivity contribution >= 4 is 33.2 Å². The molecule has 2 nitrogen and oxygen atoms in total. The van der Waals surface area contributed by atoms with Crippen LogP contribution in [-0.4, -0.2) is 5.91 Å². The molecule has 2 aromatic rings. The van der Waals surface area contributed by atoms with Crippen LogP contribution in [-0.2, 0) is 5.33 Å². The SMILES string of the molecule is CC(NC(=O)c1ccc(CBr)cc1)c1cccs1. The summed E-state index contributed by atoms with van der Waals surface area (Å²) >= 11 is 5.04. The van der Waals surface area contributed by atoms with Crippen molar-refractivity contribution in [1.29, 1.82) is 0 Å². The highest BCUT2D eigenvalue weighted by Gasteiger charge is 2.11. The fourth-order valence-corrected chi connectivity index (χ4v) is 2.74. The van der Waals surface area contributed by atoms with E-state index in [2.05, 4.69) is 21.2 Å². The summed E-state index contributed by atoms with van der Waals surface area (Å²) in [5.74, 6) is -0.0305. The number of carbonyl (C=O) groups is 1. The molecule has 18 heavy (non-hydrogen) atoms. The van der Waals surface area contributed by atoms with E-state index in [9.17, 15) is 4.79 Å². The largest absolute Gasteiger partial charge is 0.345 e. The van der Waals surface area contributed by atoms with Crippen LogP contribution in [0.25, 0.3) is 0 Å². The Morgan fingerprint density at radius 2 is 2.06 bits per heavy atom. The lowest BCUT2D eigenvalue weighted by atomic mass is 10.1. The summed E-state index contributed by atoms with van der Waals surface area (Å²) in [6.07, 6.45) is 0. The van der Waals surface area contributed by atoms with Crippen molar-refractivity contribution in [2.24, 2.45) is 0 Å². The van der Waals surface area contributed by atoms with Crippen LogP contribution >= 0.6 is 27.3 Å². The number of hydrogen-bond acceptors (Lipinski definition) is 2. The average molecular weight is 324 g/mol. The Bertz CT molecular complexity index is 507. The van der Waals surface area contributed by atoms with Crippen LogP contribution < -0.4 is 5.32 Å². The Hall–Kier alpha value is -1.13. The van der Waals surface area contributed by atoms with Gasteiger partial charge < -0.3 is 5.32 Å². The molecular formula is C14H14BrNOS. The number of amides is 1. The molecule has 1 unspecified atom stereocenters. The topological polar surface area (TPSA) is 29.1 Å². The van der Waals surface area contributed by atoms with Crippen LogP contribution in [0.4, 0.5) is 0 Å². The predicted molar refractivity (Wildman–Crippen MR) is 79.3 cm³/mol. The molecule has 0 aliphatic heterocycles. The van der Waals surface area contributed by atoms with Gasteiger partial charge in [-0.3, -0.25) is 4.79 Å². The minimum atomic E-state index is -0.0305. The van der Waals surface area contributed by atoms with Gasteiger partial charge in [0.1, 0.15) is 0 Å². The number of benzene rings is 1. The lowest BCUT2D eigenvalue weighted by molar-refractivity contribution is 0.0940. The Balaban J connectivity index is 2.03. The van der Waals surface area contributed by atoms with Crippen molar-refractivity contribution in [2.75, 3.05) is 0 Å². The molecule has 0 spiro atoms.